The van der Waals surface area contributed by atoms with Crippen molar-refractivity contribution in [3.63, 3.8) is 0 Å². The molecular weight excluding hydrogens is 466 g/mol. The number of nitriles is 1. The Morgan fingerprint density at radius 3 is 2.58 bits per heavy atom. The van der Waals surface area contributed by atoms with Crippen molar-refractivity contribution in [1.82, 2.24) is 4.90 Å². The Balaban J connectivity index is 1.61. The predicted molar refractivity (Wildman–Crippen MR) is 148 cm³/mol. The standard InChI is InChI=1S/C29H25N5OS/c1-3-31-23-15-13-21(18-30)17-24(23)32-29-34(19-20-9-5-4-6-10-20)28(35)27(36-29)26-16-14-22-11-7-8-12-25(22)33(26)2/h4-17,31H,3,19H2,1-2H3/b27-26-,32-29+. The zero-order valence-corrected chi connectivity index (χ0v) is 20.9. The molecule has 7 heteroatoms. The third kappa shape index (κ3) is 4.51. The molecule has 1 fully saturated rings. The van der Waals surface area contributed by atoms with Crippen LogP contribution in [0.5, 0.6) is 0 Å². The molecule has 0 radical (unpaired) electrons. The van der Waals surface area contributed by atoms with Gasteiger partial charge in [0.15, 0.2) is 5.17 Å². The number of carbonyl (C=O) groups is 1. The molecule has 2 heterocycles. The highest BCUT2D eigenvalue weighted by molar-refractivity contribution is 8.18. The lowest BCUT2D eigenvalue weighted by molar-refractivity contribution is -0.122. The fourth-order valence-electron chi connectivity index (χ4n) is 4.26. The number of hydrogen-bond donors (Lipinski definition) is 1. The second-order valence-electron chi connectivity index (χ2n) is 8.41. The number of amidine groups is 1. The van der Waals surface area contributed by atoms with Gasteiger partial charge in [0.1, 0.15) is 4.91 Å². The van der Waals surface area contributed by atoms with E-state index in [1.165, 1.54) is 11.8 Å². The Bertz CT molecular complexity index is 1450. The molecule has 5 rings (SSSR count). The number of thioether (sulfide) groups is 1. The van der Waals surface area contributed by atoms with Crippen LogP contribution in [0, 0.1) is 11.3 Å². The summed E-state index contributed by atoms with van der Waals surface area (Å²) in [5, 5.41) is 13.3. The smallest absolute Gasteiger partial charge is 0.269 e. The number of amides is 1. The second kappa shape index (κ2) is 10.1. The van der Waals surface area contributed by atoms with Crippen LogP contribution >= 0.6 is 11.8 Å². The molecule has 6 nitrogen and oxygen atoms in total. The van der Waals surface area contributed by atoms with Gasteiger partial charge in [0, 0.05) is 19.3 Å². The highest BCUT2D eigenvalue weighted by Crippen LogP contribution is 2.41. The third-order valence-electron chi connectivity index (χ3n) is 6.07. The second-order valence-corrected chi connectivity index (χ2v) is 9.39. The summed E-state index contributed by atoms with van der Waals surface area (Å²) in [4.78, 5) is 23.2. The van der Waals surface area contributed by atoms with Crippen molar-refractivity contribution in [2.24, 2.45) is 4.99 Å². The van der Waals surface area contributed by atoms with E-state index in [-0.39, 0.29) is 5.91 Å². The zero-order chi connectivity index (χ0) is 25.1. The van der Waals surface area contributed by atoms with E-state index in [1.807, 2.05) is 74.7 Å². The van der Waals surface area contributed by atoms with Gasteiger partial charge in [0.2, 0.25) is 0 Å². The molecule has 1 saturated heterocycles. The molecule has 36 heavy (non-hydrogen) atoms. The molecule has 0 unspecified atom stereocenters. The van der Waals surface area contributed by atoms with Gasteiger partial charge in [-0.1, -0.05) is 54.6 Å². The summed E-state index contributed by atoms with van der Waals surface area (Å²) in [6.45, 7) is 3.13. The Labute approximate surface area is 215 Å². The first-order chi connectivity index (χ1) is 17.6. The summed E-state index contributed by atoms with van der Waals surface area (Å²) < 4.78 is 0. The predicted octanol–water partition coefficient (Wildman–Crippen LogP) is 6.13. The highest BCUT2D eigenvalue weighted by atomic mass is 32.2. The van der Waals surface area contributed by atoms with Gasteiger partial charge in [-0.3, -0.25) is 9.69 Å². The number of allylic oxidation sites excluding steroid dienone is 1. The Morgan fingerprint density at radius 1 is 1.03 bits per heavy atom. The van der Waals surface area contributed by atoms with Crippen LogP contribution in [0.3, 0.4) is 0 Å². The molecule has 0 aliphatic carbocycles. The van der Waals surface area contributed by atoms with Gasteiger partial charge in [-0.15, -0.1) is 0 Å². The largest absolute Gasteiger partial charge is 0.384 e. The number of likely N-dealkylation sites (N-methyl/N-ethyl adjacent to an activating group) is 1. The van der Waals surface area contributed by atoms with Gasteiger partial charge >= 0.3 is 0 Å². The van der Waals surface area contributed by atoms with Crippen molar-refractivity contribution in [2.75, 3.05) is 23.8 Å². The quantitative estimate of drug-likeness (QED) is 0.435. The summed E-state index contributed by atoms with van der Waals surface area (Å²) in [5.41, 5.74) is 5.98. The normalized spacial score (nSPS) is 17.9. The van der Waals surface area contributed by atoms with E-state index in [9.17, 15) is 10.1 Å². The molecule has 3 aromatic carbocycles. The van der Waals surface area contributed by atoms with Crippen LogP contribution in [-0.4, -0.2) is 29.6 Å². The number of para-hydroxylation sites is 1. The number of carbonyl (C=O) groups excluding carboxylic acids is 1. The first-order valence-corrected chi connectivity index (χ1v) is 12.6. The molecule has 1 N–H and O–H groups in total. The summed E-state index contributed by atoms with van der Waals surface area (Å²) in [7, 11) is 1.98. The van der Waals surface area contributed by atoms with E-state index >= 15 is 0 Å². The molecular formula is C29H25N5OS. The third-order valence-corrected chi connectivity index (χ3v) is 7.15. The molecule has 3 aromatic rings. The van der Waals surface area contributed by atoms with E-state index in [4.69, 9.17) is 4.99 Å². The first-order valence-electron chi connectivity index (χ1n) is 11.7. The summed E-state index contributed by atoms with van der Waals surface area (Å²) in [6, 6.07) is 25.6. The van der Waals surface area contributed by atoms with Gasteiger partial charge in [0.25, 0.3) is 5.91 Å². The van der Waals surface area contributed by atoms with Crippen LogP contribution in [0.4, 0.5) is 17.1 Å². The Hall–Kier alpha value is -4.28. The molecule has 2 aliphatic heterocycles. The maximum absolute atomic E-state index is 13.8. The van der Waals surface area contributed by atoms with Crippen LogP contribution in [0.2, 0.25) is 0 Å². The van der Waals surface area contributed by atoms with Gasteiger partial charge in [-0.2, -0.15) is 5.26 Å². The number of hydrogen-bond acceptors (Lipinski definition) is 6. The summed E-state index contributed by atoms with van der Waals surface area (Å²) in [5.74, 6) is -0.0880. The van der Waals surface area contributed by atoms with E-state index < -0.39 is 0 Å². The average Bonchev–Trinajstić information content (AvgIpc) is 3.20. The van der Waals surface area contributed by atoms with Crippen molar-refractivity contribution in [1.29, 1.82) is 5.26 Å². The fraction of sp³-hybridized carbons (Fsp3) is 0.138. The fourth-order valence-corrected chi connectivity index (χ4v) is 5.35. The Morgan fingerprint density at radius 2 is 1.81 bits per heavy atom. The highest BCUT2D eigenvalue weighted by Gasteiger charge is 2.37. The molecule has 0 atom stereocenters. The number of anilines is 2. The number of nitrogens with zero attached hydrogens (tertiary/aromatic N) is 4. The van der Waals surface area contributed by atoms with Crippen molar-refractivity contribution >= 4 is 46.0 Å². The van der Waals surface area contributed by atoms with Crippen LogP contribution in [0.1, 0.15) is 23.6 Å². The molecule has 178 valence electrons. The lowest BCUT2D eigenvalue weighted by atomic mass is 10.1. The van der Waals surface area contributed by atoms with E-state index in [2.05, 4.69) is 28.4 Å². The van der Waals surface area contributed by atoms with Crippen molar-refractivity contribution in [3.8, 4) is 6.07 Å². The van der Waals surface area contributed by atoms with Crippen LogP contribution < -0.4 is 10.2 Å². The Kier molecular flexibility index (Phi) is 6.61. The summed E-state index contributed by atoms with van der Waals surface area (Å²) >= 11 is 1.37. The van der Waals surface area contributed by atoms with Gasteiger partial charge < -0.3 is 10.2 Å². The lowest BCUT2D eigenvalue weighted by Gasteiger charge is -2.27. The minimum Gasteiger partial charge on any atom is -0.384 e. The average molecular weight is 492 g/mol. The zero-order valence-electron chi connectivity index (χ0n) is 20.1. The van der Waals surface area contributed by atoms with Crippen LogP contribution in [0.25, 0.3) is 6.08 Å². The van der Waals surface area contributed by atoms with E-state index in [0.29, 0.717) is 34.4 Å². The molecule has 0 aromatic heterocycles. The van der Waals surface area contributed by atoms with E-state index in [1.54, 1.807) is 17.0 Å². The minimum atomic E-state index is -0.0880. The lowest BCUT2D eigenvalue weighted by Crippen LogP contribution is -2.29. The number of nitrogens with one attached hydrogen (secondary N) is 1. The van der Waals surface area contributed by atoms with E-state index in [0.717, 1.165) is 28.2 Å². The number of aliphatic imine (C=N–C) groups is 1. The van der Waals surface area contributed by atoms with Gasteiger partial charge in [-0.05, 0) is 60.2 Å². The minimum absolute atomic E-state index is 0.0880. The van der Waals surface area contributed by atoms with Crippen molar-refractivity contribution in [3.05, 3.63) is 106 Å². The molecule has 1 amide bonds. The molecule has 2 aliphatic rings. The first kappa shape index (κ1) is 23.5. The molecule has 0 spiro atoms. The van der Waals surface area contributed by atoms with Gasteiger partial charge in [-0.25, -0.2) is 4.99 Å². The molecule has 0 bridgehead atoms. The monoisotopic (exact) mass is 491 g/mol. The summed E-state index contributed by atoms with van der Waals surface area (Å²) in [6.07, 6.45) is 4.04. The number of rotatable bonds is 5. The topological polar surface area (TPSA) is 71.7 Å². The number of benzene rings is 3. The SMILES string of the molecule is CCNc1ccc(C#N)cc1/N=C1/S/C(=C2/C=Cc3ccccc3N2C)C(=O)N1Cc1ccccc1. The van der Waals surface area contributed by atoms with Gasteiger partial charge in [0.05, 0.1) is 35.2 Å². The maximum atomic E-state index is 13.8. The van der Waals surface area contributed by atoms with Crippen molar-refractivity contribution < 1.29 is 4.79 Å². The van der Waals surface area contributed by atoms with Crippen LogP contribution in [-0.2, 0) is 11.3 Å². The van der Waals surface area contributed by atoms with Crippen LogP contribution in [0.15, 0.2) is 94.5 Å². The number of fused-ring (bicyclic) bond motifs is 1. The maximum Gasteiger partial charge on any atom is 0.269 e. The van der Waals surface area contributed by atoms with Crippen molar-refractivity contribution in [2.45, 2.75) is 13.5 Å². The molecule has 0 saturated carbocycles.